The predicted molar refractivity (Wildman–Crippen MR) is 144 cm³/mol. The van der Waals surface area contributed by atoms with Gasteiger partial charge in [0.05, 0.1) is 40.7 Å². The Hall–Kier alpha value is -3.56. The molecule has 0 unspecified atom stereocenters. The first-order chi connectivity index (χ1) is 17.6. The zero-order valence-corrected chi connectivity index (χ0v) is 21.6. The molecule has 1 aliphatic carbocycles. The third kappa shape index (κ3) is 4.76. The largest absolute Gasteiger partial charge is 0.384 e. The first-order valence-corrected chi connectivity index (χ1v) is 13.1. The van der Waals surface area contributed by atoms with Crippen molar-refractivity contribution in [3.63, 3.8) is 0 Å². The van der Waals surface area contributed by atoms with E-state index in [-0.39, 0.29) is 5.91 Å². The third-order valence-electron chi connectivity index (χ3n) is 6.25. The maximum atomic E-state index is 12.3. The summed E-state index contributed by atoms with van der Waals surface area (Å²) in [5, 5.41) is 12.0. The van der Waals surface area contributed by atoms with E-state index in [2.05, 4.69) is 52.3 Å². The molecule has 1 aliphatic rings. The molecular weight excluding hydrogens is 472 g/mol. The highest BCUT2D eigenvalue weighted by Crippen LogP contribution is 2.43. The number of ether oxygens (including phenoxy) is 1. The van der Waals surface area contributed by atoms with Gasteiger partial charge in [0.2, 0.25) is 5.91 Å². The summed E-state index contributed by atoms with van der Waals surface area (Å²) < 4.78 is 7.09. The number of benzene rings is 1. The molecule has 0 aliphatic heterocycles. The quantitative estimate of drug-likeness (QED) is 0.341. The minimum absolute atomic E-state index is 0.0964. The third-order valence-corrected chi connectivity index (χ3v) is 7.27. The minimum atomic E-state index is -0.0964. The Kier molecular flexibility index (Phi) is 7.11. The molecule has 36 heavy (non-hydrogen) atoms. The number of pyridine rings is 1. The van der Waals surface area contributed by atoms with Crippen LogP contribution in [0.4, 0.5) is 10.9 Å². The van der Waals surface area contributed by atoms with Crippen molar-refractivity contribution in [1.82, 2.24) is 19.7 Å². The monoisotopic (exact) mass is 502 g/mol. The SMILES string of the molecule is CCNc1ccc(-c2nn(-c3ccccc3C)c3c2CCCc2nc(NC(=O)CCOC)sc2-3)cn1. The van der Waals surface area contributed by atoms with Crippen LogP contribution in [0.1, 0.15) is 36.6 Å². The zero-order chi connectivity index (χ0) is 25.1. The van der Waals surface area contributed by atoms with Crippen LogP contribution in [0, 0.1) is 6.92 Å². The number of carbonyl (C=O) groups is 1. The molecule has 4 aromatic rings. The summed E-state index contributed by atoms with van der Waals surface area (Å²) in [6.07, 6.45) is 4.88. The van der Waals surface area contributed by atoms with Gasteiger partial charge in [0.25, 0.3) is 0 Å². The van der Waals surface area contributed by atoms with Crippen LogP contribution >= 0.6 is 11.3 Å². The maximum Gasteiger partial charge on any atom is 0.228 e. The van der Waals surface area contributed by atoms with Crippen LogP contribution in [0.3, 0.4) is 0 Å². The highest BCUT2D eigenvalue weighted by molar-refractivity contribution is 7.19. The summed E-state index contributed by atoms with van der Waals surface area (Å²) in [5.74, 6) is 0.755. The molecule has 2 N–H and O–H groups in total. The number of methoxy groups -OCH3 is 1. The van der Waals surface area contributed by atoms with Crippen LogP contribution < -0.4 is 10.6 Å². The average Bonchev–Trinajstić information content (AvgIpc) is 3.40. The number of anilines is 2. The van der Waals surface area contributed by atoms with E-state index in [9.17, 15) is 4.79 Å². The highest BCUT2D eigenvalue weighted by Gasteiger charge is 2.29. The molecule has 0 bridgehead atoms. The van der Waals surface area contributed by atoms with E-state index in [0.29, 0.717) is 18.2 Å². The first-order valence-electron chi connectivity index (χ1n) is 12.3. The van der Waals surface area contributed by atoms with Gasteiger partial charge in [-0.2, -0.15) is 5.10 Å². The van der Waals surface area contributed by atoms with Crippen molar-refractivity contribution in [2.45, 2.75) is 39.5 Å². The molecule has 0 fully saturated rings. The Balaban J connectivity index is 1.64. The van der Waals surface area contributed by atoms with Crippen molar-refractivity contribution >= 4 is 28.2 Å². The molecule has 1 amide bonds. The fraction of sp³-hybridized carbons (Fsp3) is 0.333. The van der Waals surface area contributed by atoms with Gasteiger partial charge in [0, 0.05) is 31.0 Å². The maximum absolute atomic E-state index is 12.3. The number of amides is 1. The fourth-order valence-corrected chi connectivity index (χ4v) is 5.60. The summed E-state index contributed by atoms with van der Waals surface area (Å²) in [6.45, 7) is 5.36. The molecule has 8 nitrogen and oxygen atoms in total. The Labute approximate surface area is 214 Å². The van der Waals surface area contributed by atoms with Crippen molar-refractivity contribution in [2.24, 2.45) is 0 Å². The van der Waals surface area contributed by atoms with Gasteiger partial charge in [-0.25, -0.2) is 14.6 Å². The van der Waals surface area contributed by atoms with Crippen molar-refractivity contribution in [3.05, 3.63) is 59.4 Å². The number of hydrogen-bond donors (Lipinski definition) is 2. The lowest BCUT2D eigenvalue weighted by Crippen LogP contribution is -2.13. The normalized spacial score (nSPS) is 12.5. The average molecular weight is 503 g/mol. The first kappa shape index (κ1) is 24.1. The molecule has 5 rings (SSSR count). The van der Waals surface area contributed by atoms with Gasteiger partial charge in [0.15, 0.2) is 5.13 Å². The number of aryl methyl sites for hydroxylation is 2. The molecular formula is C27H30N6O2S. The number of para-hydroxylation sites is 1. The van der Waals surface area contributed by atoms with E-state index in [1.807, 2.05) is 24.4 Å². The molecule has 0 saturated carbocycles. The molecule has 0 radical (unpaired) electrons. The van der Waals surface area contributed by atoms with Gasteiger partial charge >= 0.3 is 0 Å². The van der Waals surface area contributed by atoms with Crippen LogP contribution in [0.15, 0.2) is 42.6 Å². The van der Waals surface area contributed by atoms with Crippen molar-refractivity contribution in [2.75, 3.05) is 30.9 Å². The minimum Gasteiger partial charge on any atom is -0.384 e. The fourth-order valence-electron chi connectivity index (χ4n) is 4.52. The van der Waals surface area contributed by atoms with Crippen molar-refractivity contribution in [3.8, 4) is 27.5 Å². The molecule has 1 aromatic carbocycles. The van der Waals surface area contributed by atoms with Crippen LogP contribution in [0.25, 0.3) is 27.5 Å². The van der Waals surface area contributed by atoms with Gasteiger partial charge in [-0.15, -0.1) is 0 Å². The summed E-state index contributed by atoms with van der Waals surface area (Å²) in [5.41, 5.74) is 7.34. The second-order valence-electron chi connectivity index (χ2n) is 8.78. The number of hydrogen-bond acceptors (Lipinski definition) is 7. The molecule has 0 saturated heterocycles. The smallest absolute Gasteiger partial charge is 0.228 e. The summed E-state index contributed by atoms with van der Waals surface area (Å²) in [4.78, 5) is 22.8. The lowest BCUT2D eigenvalue weighted by molar-refractivity contribution is -0.117. The van der Waals surface area contributed by atoms with E-state index in [1.165, 1.54) is 16.9 Å². The van der Waals surface area contributed by atoms with Crippen molar-refractivity contribution in [1.29, 1.82) is 0 Å². The van der Waals surface area contributed by atoms with Gasteiger partial charge in [-0.05, 0) is 56.9 Å². The number of carbonyl (C=O) groups excluding carboxylic acids is 1. The number of rotatable bonds is 8. The Morgan fingerprint density at radius 2 is 2.06 bits per heavy atom. The van der Waals surface area contributed by atoms with Crippen molar-refractivity contribution < 1.29 is 9.53 Å². The molecule has 3 heterocycles. The van der Waals surface area contributed by atoms with Gasteiger partial charge in [0.1, 0.15) is 5.82 Å². The van der Waals surface area contributed by atoms with E-state index in [4.69, 9.17) is 14.8 Å². The summed E-state index contributed by atoms with van der Waals surface area (Å²) in [7, 11) is 1.59. The number of nitrogens with zero attached hydrogens (tertiary/aromatic N) is 4. The zero-order valence-electron chi connectivity index (χ0n) is 20.8. The van der Waals surface area contributed by atoms with Crippen LogP contribution in [-0.4, -0.2) is 45.9 Å². The second kappa shape index (κ2) is 10.6. The molecule has 9 heteroatoms. The Morgan fingerprint density at radius 3 is 2.81 bits per heavy atom. The molecule has 3 aromatic heterocycles. The Morgan fingerprint density at radius 1 is 1.19 bits per heavy atom. The number of thiazole rings is 1. The van der Waals surface area contributed by atoms with E-state index < -0.39 is 0 Å². The van der Waals surface area contributed by atoms with Gasteiger partial charge < -0.3 is 15.4 Å². The van der Waals surface area contributed by atoms with E-state index in [0.717, 1.165) is 70.4 Å². The second-order valence-corrected chi connectivity index (χ2v) is 9.77. The van der Waals surface area contributed by atoms with E-state index >= 15 is 0 Å². The molecule has 186 valence electrons. The number of nitrogens with one attached hydrogen (secondary N) is 2. The predicted octanol–water partition coefficient (Wildman–Crippen LogP) is 5.26. The lowest BCUT2D eigenvalue weighted by atomic mass is 10.0. The standard InChI is InChI=1S/C27H30N6O2S/c1-4-28-22-13-12-18(16-29-22)24-19-9-7-10-20-26(36-27(30-20)31-23(34)14-15-35-3)25(19)33(32-24)21-11-6-5-8-17(21)2/h5-6,8,11-13,16H,4,7,9-10,14-15H2,1-3H3,(H,28,29)(H,30,31,34). The van der Waals surface area contributed by atoms with Gasteiger partial charge in [-0.3, -0.25) is 4.79 Å². The topological polar surface area (TPSA) is 94.0 Å². The van der Waals surface area contributed by atoms with Crippen LogP contribution in [-0.2, 0) is 22.4 Å². The molecule has 0 spiro atoms. The molecule has 0 atom stereocenters. The van der Waals surface area contributed by atoms with Gasteiger partial charge in [-0.1, -0.05) is 29.5 Å². The lowest BCUT2D eigenvalue weighted by Gasteiger charge is -2.10. The number of aromatic nitrogens is 4. The van der Waals surface area contributed by atoms with Crippen LogP contribution in [0.2, 0.25) is 0 Å². The highest BCUT2D eigenvalue weighted by atomic mass is 32.1. The van der Waals surface area contributed by atoms with Crippen LogP contribution in [0.5, 0.6) is 0 Å². The Bertz CT molecular complexity index is 1380. The number of fused-ring (bicyclic) bond motifs is 3. The van der Waals surface area contributed by atoms with E-state index in [1.54, 1.807) is 7.11 Å². The summed E-state index contributed by atoms with van der Waals surface area (Å²) in [6, 6.07) is 12.3. The summed E-state index contributed by atoms with van der Waals surface area (Å²) >= 11 is 1.52.